The van der Waals surface area contributed by atoms with E-state index in [0.29, 0.717) is 12.8 Å². The van der Waals surface area contributed by atoms with Crippen molar-refractivity contribution in [1.82, 2.24) is 0 Å². The van der Waals surface area contributed by atoms with Crippen LogP contribution in [0.15, 0.2) is 11.5 Å². The van der Waals surface area contributed by atoms with Gasteiger partial charge in [-0.2, -0.15) is 0 Å². The number of unbranched alkanes of at least 4 members (excludes halogenated alkanes) is 12. The van der Waals surface area contributed by atoms with E-state index in [0.717, 1.165) is 25.7 Å². The van der Waals surface area contributed by atoms with Crippen LogP contribution in [0.4, 0.5) is 0 Å². The van der Waals surface area contributed by atoms with Gasteiger partial charge in [0.2, 0.25) is 5.76 Å². The lowest BCUT2D eigenvalue weighted by atomic mass is 10.1. The minimum atomic E-state index is -1.42. The lowest BCUT2D eigenvalue weighted by Crippen LogP contribution is -2.31. The summed E-state index contributed by atoms with van der Waals surface area (Å²) in [5.74, 6) is -4.11. The molecule has 0 bridgehead atoms. The molecule has 1 rings (SSSR count). The van der Waals surface area contributed by atoms with E-state index in [2.05, 4.69) is 18.6 Å². The molecule has 0 saturated heterocycles. The van der Waals surface area contributed by atoms with Crippen LogP contribution in [0, 0.1) is 0 Å². The van der Waals surface area contributed by atoms with Gasteiger partial charge >= 0.3 is 17.9 Å². The number of esters is 1. The van der Waals surface area contributed by atoms with Gasteiger partial charge in [0.15, 0.2) is 11.9 Å². The second-order valence-electron chi connectivity index (χ2n) is 8.84. The van der Waals surface area contributed by atoms with Gasteiger partial charge in [-0.05, 0) is 12.8 Å². The van der Waals surface area contributed by atoms with E-state index >= 15 is 0 Å². The third-order valence-electron chi connectivity index (χ3n) is 5.46. The van der Waals surface area contributed by atoms with E-state index < -0.39 is 48.2 Å². The fourth-order valence-electron chi connectivity index (χ4n) is 3.29. The molecule has 0 spiro atoms. The van der Waals surface area contributed by atoms with Crippen molar-refractivity contribution in [1.29, 1.82) is 0 Å². The van der Waals surface area contributed by atoms with Gasteiger partial charge in [-0.3, -0.25) is 9.59 Å². The highest BCUT2D eigenvalue weighted by atomic mass is 16.6. The first-order valence-corrected chi connectivity index (χ1v) is 13.2. The molecule has 0 unspecified atom stereocenters. The predicted molar refractivity (Wildman–Crippen MR) is 136 cm³/mol. The first kappa shape index (κ1) is 35.8. The van der Waals surface area contributed by atoms with Crippen LogP contribution in [-0.2, 0) is 19.1 Å². The topological polar surface area (TPSA) is 182 Å². The van der Waals surface area contributed by atoms with E-state index in [4.69, 9.17) is 30.6 Å². The van der Waals surface area contributed by atoms with Gasteiger partial charge in [0.05, 0.1) is 6.61 Å². The number of hydrogen-bond donors (Lipinski definition) is 6. The third kappa shape index (κ3) is 21.0. The molecule has 0 aromatic rings. The highest BCUT2D eigenvalue weighted by Gasteiger charge is 2.38. The lowest BCUT2D eigenvalue weighted by Gasteiger charge is -2.13. The Kier molecular flexibility index (Phi) is 24.3. The van der Waals surface area contributed by atoms with E-state index in [9.17, 15) is 14.4 Å². The van der Waals surface area contributed by atoms with Gasteiger partial charge in [0.25, 0.3) is 0 Å². The molecule has 0 saturated carbocycles. The van der Waals surface area contributed by atoms with Crippen LogP contribution in [0.1, 0.15) is 117 Å². The second-order valence-corrected chi connectivity index (χ2v) is 8.84. The molecule has 0 aromatic heterocycles. The summed E-state index contributed by atoms with van der Waals surface area (Å²) < 4.78 is 4.32. The molecule has 0 radical (unpaired) electrons. The molecule has 0 amide bonds. The molecule has 0 aromatic carbocycles. The van der Waals surface area contributed by atoms with Gasteiger partial charge in [-0.25, -0.2) is 4.79 Å². The second kappa shape index (κ2) is 24.4. The summed E-state index contributed by atoms with van der Waals surface area (Å²) in [7, 11) is 0. The first-order valence-electron chi connectivity index (χ1n) is 13.2. The van der Waals surface area contributed by atoms with Crippen LogP contribution in [-0.4, -0.2) is 67.4 Å². The summed E-state index contributed by atoms with van der Waals surface area (Å²) in [4.78, 5) is 30.8. The maximum absolute atomic E-state index is 10.5. The summed E-state index contributed by atoms with van der Waals surface area (Å²) in [5, 5.41) is 51.8. The highest BCUT2D eigenvalue weighted by Crippen LogP contribution is 2.20. The average Bonchev–Trinajstić information content (AvgIpc) is 3.10. The Morgan fingerprint density at radius 3 is 1.39 bits per heavy atom. The molecule has 6 N–H and O–H groups in total. The number of aliphatic carboxylic acids is 2. The summed E-state index contributed by atoms with van der Waals surface area (Å²) >= 11 is 0. The van der Waals surface area contributed by atoms with Gasteiger partial charge in [-0.1, -0.05) is 90.9 Å². The fraction of sp³-hybridized carbons (Fsp3) is 0.808. The standard InChI is InChI=1S/2C10H20O2.C6H8O6/c2*1-2-3-4-5-6-7-8-9-10(11)12;7-1-2(8)5-3(9)4(10)6(11)12-5/h2*2-9H2,1H3,(H,11,12);2,5,7-10H,1H2/t;;2-,5+/m..0/s1. The molecule has 36 heavy (non-hydrogen) atoms. The van der Waals surface area contributed by atoms with Crippen molar-refractivity contribution in [3.63, 3.8) is 0 Å². The molecule has 0 aliphatic carbocycles. The molecule has 10 heteroatoms. The molecule has 1 aliphatic heterocycles. The fourth-order valence-corrected chi connectivity index (χ4v) is 3.29. The van der Waals surface area contributed by atoms with Crippen LogP contribution < -0.4 is 0 Å². The Labute approximate surface area is 215 Å². The maximum atomic E-state index is 10.5. The Balaban J connectivity index is 0. The number of carboxylic acid groups (broad SMARTS) is 2. The van der Waals surface area contributed by atoms with Gasteiger partial charge in [-0.15, -0.1) is 0 Å². The highest BCUT2D eigenvalue weighted by molar-refractivity contribution is 5.89. The van der Waals surface area contributed by atoms with E-state index in [1.807, 2.05) is 0 Å². The van der Waals surface area contributed by atoms with Crippen LogP contribution in [0.2, 0.25) is 0 Å². The van der Waals surface area contributed by atoms with Crippen molar-refractivity contribution in [2.24, 2.45) is 0 Å². The first-order chi connectivity index (χ1) is 17.1. The molecular weight excluding hydrogens is 472 g/mol. The van der Waals surface area contributed by atoms with Crippen LogP contribution >= 0.6 is 0 Å². The predicted octanol–water partition coefficient (Wildman–Crippen LogP) is 5.02. The van der Waals surface area contributed by atoms with Crippen molar-refractivity contribution >= 4 is 17.9 Å². The molecule has 212 valence electrons. The molecule has 1 aliphatic rings. The number of aliphatic hydroxyl groups excluding tert-OH is 4. The summed E-state index contributed by atoms with van der Waals surface area (Å²) in [6, 6.07) is 0. The number of carboxylic acids is 2. The van der Waals surface area contributed by atoms with E-state index in [-0.39, 0.29) is 0 Å². The number of ether oxygens (including phenoxy) is 1. The number of carbonyl (C=O) groups is 3. The Bertz CT molecular complexity index is 590. The summed E-state index contributed by atoms with van der Waals surface area (Å²) in [6.07, 6.45) is 14.5. The largest absolute Gasteiger partial charge is 0.505 e. The lowest BCUT2D eigenvalue weighted by molar-refractivity contribution is -0.147. The molecular formula is C26H48O10. The Morgan fingerprint density at radius 2 is 1.11 bits per heavy atom. The zero-order valence-corrected chi connectivity index (χ0v) is 22.0. The number of carbonyl (C=O) groups excluding carboxylic acids is 1. The van der Waals surface area contributed by atoms with Crippen molar-refractivity contribution in [2.75, 3.05) is 6.61 Å². The van der Waals surface area contributed by atoms with E-state index in [1.165, 1.54) is 64.2 Å². The number of aliphatic hydroxyl groups is 4. The van der Waals surface area contributed by atoms with Crippen molar-refractivity contribution in [3.05, 3.63) is 11.5 Å². The van der Waals surface area contributed by atoms with Gasteiger partial charge in [0.1, 0.15) is 6.10 Å². The van der Waals surface area contributed by atoms with E-state index in [1.54, 1.807) is 0 Å². The van der Waals surface area contributed by atoms with Crippen LogP contribution in [0.3, 0.4) is 0 Å². The monoisotopic (exact) mass is 520 g/mol. The van der Waals surface area contributed by atoms with Crippen molar-refractivity contribution in [3.8, 4) is 0 Å². The third-order valence-corrected chi connectivity index (χ3v) is 5.46. The molecule has 10 nitrogen and oxygen atoms in total. The number of rotatable bonds is 18. The molecule has 2 atom stereocenters. The maximum Gasteiger partial charge on any atom is 0.377 e. The zero-order valence-electron chi connectivity index (χ0n) is 22.0. The van der Waals surface area contributed by atoms with Gasteiger partial charge in [0, 0.05) is 12.8 Å². The Morgan fingerprint density at radius 1 is 0.750 bits per heavy atom. The number of cyclic esters (lactones) is 1. The average molecular weight is 521 g/mol. The zero-order chi connectivity index (χ0) is 27.8. The Hall–Kier alpha value is -2.33. The quantitative estimate of drug-likeness (QED) is 0.106. The molecule has 1 heterocycles. The van der Waals surface area contributed by atoms with Crippen LogP contribution in [0.25, 0.3) is 0 Å². The smallest absolute Gasteiger partial charge is 0.377 e. The molecule has 0 fully saturated rings. The normalized spacial score (nSPS) is 15.3. The van der Waals surface area contributed by atoms with Gasteiger partial charge < -0.3 is 35.4 Å². The minimum absolute atomic E-state index is 0.341. The summed E-state index contributed by atoms with van der Waals surface area (Å²) in [6.45, 7) is 3.73. The van der Waals surface area contributed by atoms with Crippen molar-refractivity contribution in [2.45, 2.75) is 129 Å². The minimum Gasteiger partial charge on any atom is -0.505 e. The van der Waals surface area contributed by atoms with Crippen LogP contribution in [0.5, 0.6) is 0 Å². The number of hydrogen-bond acceptors (Lipinski definition) is 8. The van der Waals surface area contributed by atoms with Crippen molar-refractivity contribution < 1.29 is 49.8 Å². The summed E-state index contributed by atoms with van der Waals surface area (Å²) in [5.41, 5.74) is 0. The SMILES string of the molecule is CCCCCCCCCC(=O)O.CCCCCCCCCC(=O)O.O=C1O[C@H]([C@@H](O)CO)C(O)=C1O.